The van der Waals surface area contributed by atoms with E-state index in [4.69, 9.17) is 9.47 Å². The van der Waals surface area contributed by atoms with Gasteiger partial charge in [0.1, 0.15) is 17.7 Å². The molecule has 3 saturated heterocycles. The standard InChI is InChI=1S/C17H21NO2.C13H21NO4/c1-12(13-6-4-3-5-7-13)18-15-10-8-14(9-11-15)16(18)17(19)20-2;1-13(2,3)18-12(17)14-9-6-4-8(5-7-9)10(14)11(15)16/h3-8,10,12,14-16H,9,11H2,1-2H3;8-10H,4-7H2,1-3H3,(H,15,16)/t12-,14?,15?,16?;/m1./s1. The third kappa shape index (κ3) is 5.90. The van der Waals surface area contributed by atoms with Crippen LogP contribution in [0.25, 0.3) is 0 Å². The molecule has 1 saturated carbocycles. The summed E-state index contributed by atoms with van der Waals surface area (Å²) >= 11 is 0. The van der Waals surface area contributed by atoms with E-state index < -0.39 is 23.7 Å². The normalized spacial score (nSPS) is 30.7. The first-order chi connectivity index (χ1) is 18.0. The number of amides is 1. The van der Waals surface area contributed by atoms with Crippen LogP contribution < -0.4 is 0 Å². The van der Waals surface area contributed by atoms with Crippen molar-refractivity contribution in [1.29, 1.82) is 0 Å². The van der Waals surface area contributed by atoms with E-state index in [2.05, 4.69) is 48.2 Å². The average Bonchev–Trinajstić information content (AvgIpc) is 2.92. The lowest BCUT2D eigenvalue weighted by Gasteiger charge is -2.49. The molecule has 4 bridgehead atoms. The molecule has 0 spiro atoms. The molecular formula is C30H42N2O6. The zero-order chi connectivity index (χ0) is 27.6. The summed E-state index contributed by atoms with van der Waals surface area (Å²) in [5.74, 6) is -0.638. The van der Waals surface area contributed by atoms with Gasteiger partial charge in [0, 0.05) is 24.0 Å². The average molecular weight is 527 g/mol. The van der Waals surface area contributed by atoms with Crippen molar-refractivity contribution >= 4 is 18.0 Å². The minimum absolute atomic E-state index is 0.0333. The van der Waals surface area contributed by atoms with Crippen molar-refractivity contribution in [3.05, 3.63) is 48.0 Å². The summed E-state index contributed by atoms with van der Waals surface area (Å²) in [6, 6.07) is 10.1. The number of piperidine rings is 3. The number of carboxylic acid groups (broad SMARTS) is 1. The molecule has 1 aromatic carbocycles. The SMILES string of the molecule is CC(C)(C)OC(=O)N1C2CCC(CC2)C1C(=O)O.COC(=O)C1C2C=CC(CC2)N1[C@H](C)c1ccccc1. The van der Waals surface area contributed by atoms with Crippen LogP contribution in [0.1, 0.15) is 77.8 Å². The summed E-state index contributed by atoms with van der Waals surface area (Å²) in [5, 5.41) is 9.33. The Morgan fingerprint density at radius 1 is 0.947 bits per heavy atom. The van der Waals surface area contributed by atoms with Crippen molar-refractivity contribution in [2.45, 2.75) is 102 Å². The van der Waals surface area contributed by atoms with E-state index in [1.165, 1.54) is 17.6 Å². The van der Waals surface area contributed by atoms with Crippen LogP contribution >= 0.6 is 0 Å². The topological polar surface area (TPSA) is 96.4 Å². The molecule has 4 aliphatic heterocycles. The minimum atomic E-state index is -0.907. The van der Waals surface area contributed by atoms with Crippen molar-refractivity contribution in [3.8, 4) is 0 Å². The van der Waals surface area contributed by atoms with E-state index >= 15 is 0 Å². The molecule has 8 heteroatoms. The maximum absolute atomic E-state index is 12.2. The van der Waals surface area contributed by atoms with E-state index in [1.54, 1.807) is 20.8 Å². The fourth-order valence-corrected chi connectivity index (χ4v) is 6.66. The fourth-order valence-electron chi connectivity index (χ4n) is 6.66. The number of nitrogens with zero attached hydrogens (tertiary/aromatic N) is 2. The quantitative estimate of drug-likeness (QED) is 0.426. The lowest BCUT2D eigenvalue weighted by Crippen LogP contribution is -2.61. The number of carbonyl (C=O) groups excluding carboxylic acids is 2. The molecule has 208 valence electrons. The molecule has 6 aliphatic rings. The number of hydrogen-bond acceptors (Lipinski definition) is 6. The lowest BCUT2D eigenvalue weighted by atomic mass is 9.75. The lowest BCUT2D eigenvalue weighted by molar-refractivity contribution is -0.153. The Labute approximate surface area is 226 Å². The predicted molar refractivity (Wildman–Crippen MR) is 143 cm³/mol. The van der Waals surface area contributed by atoms with E-state index in [0.717, 1.165) is 38.5 Å². The van der Waals surface area contributed by atoms with Crippen molar-refractivity contribution in [3.63, 3.8) is 0 Å². The summed E-state index contributed by atoms with van der Waals surface area (Å²) in [6.45, 7) is 7.56. The zero-order valence-electron chi connectivity index (χ0n) is 23.2. The van der Waals surface area contributed by atoms with Crippen LogP contribution in [0.2, 0.25) is 0 Å². The van der Waals surface area contributed by atoms with Crippen LogP contribution in [0.15, 0.2) is 42.5 Å². The number of hydrogen-bond donors (Lipinski definition) is 1. The first kappa shape index (κ1) is 28.1. The van der Waals surface area contributed by atoms with Crippen molar-refractivity contribution < 1.29 is 29.0 Å². The van der Waals surface area contributed by atoms with Gasteiger partial charge in [-0.25, -0.2) is 9.59 Å². The van der Waals surface area contributed by atoms with Gasteiger partial charge in [-0.3, -0.25) is 14.6 Å². The molecule has 8 nitrogen and oxygen atoms in total. The Bertz CT molecular complexity index is 1030. The molecule has 5 atom stereocenters. The highest BCUT2D eigenvalue weighted by Gasteiger charge is 2.49. The summed E-state index contributed by atoms with van der Waals surface area (Å²) < 4.78 is 10.4. The van der Waals surface area contributed by atoms with E-state index in [0.29, 0.717) is 12.0 Å². The van der Waals surface area contributed by atoms with Crippen LogP contribution in [0.5, 0.6) is 0 Å². The van der Waals surface area contributed by atoms with Crippen molar-refractivity contribution in [2.24, 2.45) is 11.8 Å². The molecule has 38 heavy (non-hydrogen) atoms. The molecule has 4 unspecified atom stereocenters. The molecular weight excluding hydrogens is 484 g/mol. The van der Waals surface area contributed by atoms with Gasteiger partial charge < -0.3 is 14.6 Å². The maximum atomic E-state index is 12.2. The van der Waals surface area contributed by atoms with Gasteiger partial charge in [0.15, 0.2) is 0 Å². The van der Waals surface area contributed by atoms with Crippen LogP contribution in [0.3, 0.4) is 0 Å². The highest BCUT2D eigenvalue weighted by atomic mass is 16.6. The number of esters is 1. The number of fused-ring (bicyclic) bond motifs is 5. The van der Waals surface area contributed by atoms with Gasteiger partial charge in [-0.1, -0.05) is 42.5 Å². The first-order valence-corrected chi connectivity index (χ1v) is 13.8. The second kappa shape index (κ2) is 11.5. The smallest absolute Gasteiger partial charge is 0.411 e. The predicted octanol–water partition coefficient (Wildman–Crippen LogP) is 5.19. The Morgan fingerprint density at radius 2 is 1.61 bits per heavy atom. The van der Waals surface area contributed by atoms with E-state index in [1.807, 2.05) is 6.07 Å². The highest BCUT2D eigenvalue weighted by Crippen LogP contribution is 2.41. The van der Waals surface area contributed by atoms with Gasteiger partial charge in [-0.05, 0) is 77.7 Å². The maximum Gasteiger partial charge on any atom is 0.411 e. The number of rotatable bonds is 4. The summed E-state index contributed by atoms with van der Waals surface area (Å²) in [4.78, 5) is 39.5. The third-order valence-corrected chi connectivity index (χ3v) is 8.40. The molecule has 0 radical (unpaired) electrons. The number of benzene rings is 1. The van der Waals surface area contributed by atoms with Crippen LogP contribution in [0, 0.1) is 11.8 Å². The highest BCUT2D eigenvalue weighted by molar-refractivity contribution is 5.81. The number of carbonyl (C=O) groups is 3. The monoisotopic (exact) mass is 526 g/mol. The van der Waals surface area contributed by atoms with Gasteiger partial charge in [-0.2, -0.15) is 0 Å². The molecule has 2 aliphatic carbocycles. The third-order valence-electron chi connectivity index (χ3n) is 8.40. The molecule has 1 N–H and O–H groups in total. The molecule has 7 rings (SSSR count). The summed E-state index contributed by atoms with van der Waals surface area (Å²) in [6.07, 6.45) is 9.79. The Kier molecular flexibility index (Phi) is 8.50. The van der Waals surface area contributed by atoms with Crippen LogP contribution in [-0.2, 0) is 19.1 Å². The Balaban J connectivity index is 0.000000178. The molecule has 4 fully saturated rings. The zero-order valence-corrected chi connectivity index (χ0v) is 23.2. The van der Waals surface area contributed by atoms with Crippen LogP contribution in [-0.4, -0.2) is 69.8 Å². The summed E-state index contributed by atoms with van der Waals surface area (Å²) in [5.41, 5.74) is 0.666. The second-order valence-electron chi connectivity index (χ2n) is 11.9. The van der Waals surface area contributed by atoms with Crippen molar-refractivity contribution in [1.82, 2.24) is 9.80 Å². The Hall–Kier alpha value is -2.87. The molecule has 0 aromatic heterocycles. The van der Waals surface area contributed by atoms with Gasteiger partial charge >= 0.3 is 18.0 Å². The van der Waals surface area contributed by atoms with Gasteiger partial charge in [0.05, 0.1) is 7.11 Å². The van der Waals surface area contributed by atoms with Crippen molar-refractivity contribution in [2.75, 3.05) is 7.11 Å². The van der Waals surface area contributed by atoms with Crippen LogP contribution in [0.4, 0.5) is 4.79 Å². The van der Waals surface area contributed by atoms with Gasteiger partial charge in [0.2, 0.25) is 0 Å². The second-order valence-corrected chi connectivity index (χ2v) is 11.9. The largest absolute Gasteiger partial charge is 0.480 e. The number of methoxy groups -OCH3 is 1. The van der Waals surface area contributed by atoms with Gasteiger partial charge in [-0.15, -0.1) is 0 Å². The number of ether oxygens (including phenoxy) is 2. The molecule has 4 heterocycles. The molecule has 1 amide bonds. The summed E-state index contributed by atoms with van der Waals surface area (Å²) in [7, 11) is 1.49. The van der Waals surface area contributed by atoms with Gasteiger partial charge in [0.25, 0.3) is 0 Å². The van der Waals surface area contributed by atoms with E-state index in [9.17, 15) is 19.5 Å². The number of carboxylic acids is 1. The number of aliphatic carboxylic acids is 1. The Morgan fingerprint density at radius 3 is 2.13 bits per heavy atom. The fraction of sp³-hybridized carbons (Fsp3) is 0.633. The minimum Gasteiger partial charge on any atom is -0.480 e. The first-order valence-electron chi connectivity index (χ1n) is 13.8. The van der Waals surface area contributed by atoms with E-state index in [-0.39, 0.29) is 30.0 Å². The molecule has 1 aromatic rings.